The van der Waals surface area contributed by atoms with E-state index in [0.29, 0.717) is 11.5 Å². The number of sulfonamides is 1. The third-order valence-electron chi connectivity index (χ3n) is 7.43. The third-order valence-corrected chi connectivity index (χ3v) is 9.74. The maximum Gasteiger partial charge on any atom is 0.264 e. The SMILES string of the molecule is CC[C@H](C)NC(=O)[C@H](C)N(Cc1ccc(Br)cc1)C(=O)CN(c1ccc(Oc2ccccc2)cc1)S(=O)(=O)c1ccc(C)cc1. The van der Waals surface area contributed by atoms with E-state index in [1.54, 1.807) is 43.3 Å². The first-order chi connectivity index (χ1) is 21.5. The molecule has 0 saturated heterocycles. The summed E-state index contributed by atoms with van der Waals surface area (Å²) in [5.41, 5.74) is 1.98. The topological polar surface area (TPSA) is 96.0 Å². The van der Waals surface area contributed by atoms with Crippen molar-refractivity contribution in [3.63, 3.8) is 0 Å². The monoisotopic (exact) mass is 691 g/mol. The molecule has 0 aliphatic heterocycles. The van der Waals surface area contributed by atoms with Gasteiger partial charge >= 0.3 is 0 Å². The van der Waals surface area contributed by atoms with Crippen molar-refractivity contribution in [2.75, 3.05) is 10.8 Å². The molecule has 4 aromatic rings. The Kier molecular flexibility index (Phi) is 11.4. The second-order valence-corrected chi connectivity index (χ2v) is 13.7. The zero-order valence-corrected chi connectivity index (χ0v) is 28.2. The van der Waals surface area contributed by atoms with Crippen molar-refractivity contribution in [1.82, 2.24) is 10.2 Å². The molecule has 8 nitrogen and oxygen atoms in total. The Morgan fingerprint density at radius 3 is 2.04 bits per heavy atom. The number of carbonyl (C=O) groups is 2. The van der Waals surface area contributed by atoms with Crippen LogP contribution in [0.15, 0.2) is 112 Å². The number of hydrogen-bond donors (Lipinski definition) is 1. The van der Waals surface area contributed by atoms with Crippen molar-refractivity contribution in [1.29, 1.82) is 0 Å². The molecule has 236 valence electrons. The highest BCUT2D eigenvalue weighted by molar-refractivity contribution is 9.10. The number of carbonyl (C=O) groups excluding carboxylic acids is 2. The number of anilines is 1. The number of nitrogens with zero attached hydrogens (tertiary/aromatic N) is 2. The minimum atomic E-state index is -4.18. The molecule has 0 heterocycles. The Morgan fingerprint density at radius 2 is 1.44 bits per heavy atom. The summed E-state index contributed by atoms with van der Waals surface area (Å²) in [4.78, 5) is 28.9. The summed E-state index contributed by atoms with van der Waals surface area (Å²) in [5, 5.41) is 2.95. The van der Waals surface area contributed by atoms with E-state index in [-0.39, 0.29) is 29.1 Å². The van der Waals surface area contributed by atoms with Gasteiger partial charge in [-0.2, -0.15) is 0 Å². The van der Waals surface area contributed by atoms with Crippen molar-refractivity contribution < 1.29 is 22.7 Å². The number of amides is 2. The van der Waals surface area contributed by atoms with Gasteiger partial charge in [0.15, 0.2) is 0 Å². The van der Waals surface area contributed by atoms with Gasteiger partial charge in [-0.25, -0.2) is 8.42 Å². The number of nitrogens with one attached hydrogen (secondary N) is 1. The fourth-order valence-electron chi connectivity index (χ4n) is 4.51. The number of para-hydroxylation sites is 1. The molecule has 4 aromatic carbocycles. The summed E-state index contributed by atoms with van der Waals surface area (Å²) in [7, 11) is -4.18. The molecule has 0 saturated carbocycles. The molecule has 0 fully saturated rings. The van der Waals surface area contributed by atoms with E-state index < -0.39 is 28.5 Å². The van der Waals surface area contributed by atoms with Crippen molar-refractivity contribution >= 4 is 43.5 Å². The first-order valence-corrected chi connectivity index (χ1v) is 17.0. The first-order valence-electron chi connectivity index (χ1n) is 14.7. The van der Waals surface area contributed by atoms with Gasteiger partial charge in [0, 0.05) is 17.1 Å². The molecule has 0 spiro atoms. The van der Waals surface area contributed by atoms with Crippen LogP contribution >= 0.6 is 15.9 Å². The van der Waals surface area contributed by atoms with Gasteiger partial charge in [0.05, 0.1) is 10.6 Å². The maximum absolute atomic E-state index is 14.1. The molecule has 0 aromatic heterocycles. The van der Waals surface area contributed by atoms with Crippen molar-refractivity contribution in [3.05, 3.63) is 119 Å². The van der Waals surface area contributed by atoms with Crippen LogP contribution in [-0.4, -0.2) is 43.8 Å². The van der Waals surface area contributed by atoms with Gasteiger partial charge in [0.2, 0.25) is 11.8 Å². The largest absolute Gasteiger partial charge is 0.457 e. The van der Waals surface area contributed by atoms with E-state index in [9.17, 15) is 18.0 Å². The van der Waals surface area contributed by atoms with Gasteiger partial charge in [-0.1, -0.05) is 70.9 Å². The average Bonchev–Trinajstić information content (AvgIpc) is 3.04. The van der Waals surface area contributed by atoms with E-state index in [1.807, 2.05) is 75.4 Å². The molecule has 10 heteroatoms. The minimum absolute atomic E-state index is 0.0486. The lowest BCUT2D eigenvalue weighted by atomic mass is 10.1. The van der Waals surface area contributed by atoms with Crippen LogP contribution in [0.1, 0.15) is 38.3 Å². The lowest BCUT2D eigenvalue weighted by molar-refractivity contribution is -0.139. The van der Waals surface area contributed by atoms with Crippen LogP contribution in [0.4, 0.5) is 5.69 Å². The summed E-state index contributed by atoms with van der Waals surface area (Å²) in [6.07, 6.45) is 0.728. The van der Waals surface area contributed by atoms with E-state index in [4.69, 9.17) is 4.74 Å². The number of ether oxygens (including phenoxy) is 1. The Hall–Kier alpha value is -4.15. The van der Waals surface area contributed by atoms with Crippen LogP contribution in [0.5, 0.6) is 11.5 Å². The third kappa shape index (κ3) is 8.95. The Balaban J connectivity index is 1.70. The number of hydrogen-bond acceptors (Lipinski definition) is 5. The molecule has 0 unspecified atom stereocenters. The molecule has 4 rings (SSSR count). The van der Waals surface area contributed by atoms with Gasteiger partial charge in [-0.05, 0) is 93.4 Å². The lowest BCUT2D eigenvalue weighted by Crippen LogP contribution is -2.52. The van der Waals surface area contributed by atoms with E-state index in [2.05, 4.69) is 21.2 Å². The van der Waals surface area contributed by atoms with Gasteiger partial charge in [0.25, 0.3) is 10.0 Å². The molecule has 2 atom stereocenters. The van der Waals surface area contributed by atoms with Gasteiger partial charge in [0.1, 0.15) is 24.1 Å². The van der Waals surface area contributed by atoms with Crippen molar-refractivity contribution in [3.8, 4) is 11.5 Å². The number of benzene rings is 4. The van der Waals surface area contributed by atoms with Crippen LogP contribution in [-0.2, 0) is 26.2 Å². The second kappa shape index (κ2) is 15.2. The molecule has 1 N–H and O–H groups in total. The molecule has 0 radical (unpaired) electrons. The van der Waals surface area contributed by atoms with E-state index >= 15 is 0 Å². The van der Waals surface area contributed by atoms with Crippen LogP contribution in [0.25, 0.3) is 0 Å². The molecular weight excluding hydrogens is 654 g/mol. The molecule has 0 aliphatic rings. The standard InChI is InChI=1S/C35H38BrN3O5S/c1-5-26(3)37-35(41)27(4)38(23-28-13-15-29(36)16-14-28)34(40)24-39(45(42,43)33-21-11-25(2)12-22-33)30-17-19-32(20-18-30)44-31-9-7-6-8-10-31/h6-22,26-27H,5,23-24H2,1-4H3,(H,37,41)/t26-,27-/m0/s1. The number of halogens is 1. The van der Waals surface area contributed by atoms with Gasteiger partial charge < -0.3 is 15.0 Å². The van der Waals surface area contributed by atoms with Crippen molar-refractivity contribution in [2.24, 2.45) is 0 Å². The molecule has 0 aliphatic carbocycles. The van der Waals surface area contributed by atoms with Crippen molar-refractivity contribution in [2.45, 2.75) is 57.6 Å². The molecular formula is C35H38BrN3O5S. The van der Waals surface area contributed by atoms with E-state index in [1.165, 1.54) is 17.0 Å². The zero-order valence-electron chi connectivity index (χ0n) is 25.8. The summed E-state index contributed by atoms with van der Waals surface area (Å²) in [5.74, 6) is 0.309. The zero-order chi connectivity index (χ0) is 32.6. The molecule has 0 bridgehead atoms. The number of rotatable bonds is 13. The smallest absolute Gasteiger partial charge is 0.264 e. The highest BCUT2D eigenvalue weighted by Gasteiger charge is 2.33. The normalized spacial score (nSPS) is 12.6. The summed E-state index contributed by atoms with van der Waals surface area (Å²) >= 11 is 3.43. The Labute approximate surface area is 274 Å². The maximum atomic E-state index is 14.1. The Bertz CT molecular complexity index is 1680. The number of aryl methyl sites for hydroxylation is 1. The van der Waals surface area contributed by atoms with E-state index in [0.717, 1.165) is 26.3 Å². The van der Waals surface area contributed by atoms with Crippen LogP contribution in [0, 0.1) is 6.92 Å². The molecule has 2 amide bonds. The Morgan fingerprint density at radius 1 is 0.844 bits per heavy atom. The second-order valence-electron chi connectivity index (χ2n) is 10.9. The van der Waals surface area contributed by atoms with Gasteiger partial charge in [-0.15, -0.1) is 0 Å². The predicted octanol–water partition coefficient (Wildman–Crippen LogP) is 7.08. The fraction of sp³-hybridized carbons (Fsp3) is 0.257. The average molecular weight is 693 g/mol. The fourth-order valence-corrected chi connectivity index (χ4v) is 6.18. The molecule has 45 heavy (non-hydrogen) atoms. The van der Waals surface area contributed by atoms with Crippen LogP contribution in [0.2, 0.25) is 0 Å². The summed E-state index contributed by atoms with van der Waals surface area (Å²) in [6.45, 7) is 6.98. The van der Waals surface area contributed by atoms with Crippen LogP contribution in [0.3, 0.4) is 0 Å². The quantitative estimate of drug-likeness (QED) is 0.162. The van der Waals surface area contributed by atoms with Gasteiger partial charge in [-0.3, -0.25) is 13.9 Å². The summed E-state index contributed by atoms with van der Waals surface area (Å²) < 4.78 is 36.1. The van der Waals surface area contributed by atoms with Crippen LogP contribution < -0.4 is 14.4 Å². The lowest BCUT2D eigenvalue weighted by Gasteiger charge is -2.32. The predicted molar refractivity (Wildman–Crippen MR) is 181 cm³/mol. The first kappa shape index (κ1) is 33.7. The summed E-state index contributed by atoms with van der Waals surface area (Å²) in [6, 6.07) is 28.7. The highest BCUT2D eigenvalue weighted by atomic mass is 79.9. The minimum Gasteiger partial charge on any atom is -0.457 e. The highest BCUT2D eigenvalue weighted by Crippen LogP contribution is 2.29.